The molecule has 0 radical (unpaired) electrons. The van der Waals surface area contributed by atoms with Crippen molar-refractivity contribution in [3.8, 4) is 11.3 Å². The molecular formula is C24H29N7O2. The highest BCUT2D eigenvalue weighted by molar-refractivity contribution is 5.81. The molecule has 2 amide bonds. The number of anilines is 1. The second-order valence-corrected chi connectivity index (χ2v) is 9.21. The number of nitrogens with one attached hydrogen (secondary N) is 1. The Morgan fingerprint density at radius 2 is 1.97 bits per heavy atom. The highest BCUT2D eigenvalue weighted by atomic mass is 16.5. The number of nitrogens with zero attached hydrogens (tertiary/aromatic N) is 6. The van der Waals surface area contributed by atoms with E-state index >= 15 is 0 Å². The van der Waals surface area contributed by atoms with E-state index in [2.05, 4.69) is 32.0 Å². The van der Waals surface area contributed by atoms with Crippen molar-refractivity contribution < 1.29 is 9.53 Å². The van der Waals surface area contributed by atoms with E-state index in [0.29, 0.717) is 6.54 Å². The number of aryl methyl sites for hydroxylation is 1. The van der Waals surface area contributed by atoms with E-state index in [1.54, 1.807) is 0 Å². The highest BCUT2D eigenvalue weighted by Gasteiger charge is 2.46. The van der Waals surface area contributed by atoms with Gasteiger partial charge in [-0.2, -0.15) is 5.10 Å². The van der Waals surface area contributed by atoms with Crippen LogP contribution in [0.4, 0.5) is 10.6 Å². The van der Waals surface area contributed by atoms with Crippen molar-refractivity contribution in [3.05, 3.63) is 36.2 Å². The zero-order valence-electron chi connectivity index (χ0n) is 19.0. The zero-order chi connectivity index (χ0) is 22.4. The molecule has 33 heavy (non-hydrogen) atoms. The molecule has 1 spiro atoms. The standard InChI is InChI=1S/C24H29N7O2/c1-2-25-23(32)30-7-5-24(16-30)6-8-31-21(24)14-19(28-31)17-13-20-18(26-15-17)3-4-22(27-20)29-9-11-33-12-10-29/h3-4,13-15H,2,5-12,16H2,1H3,(H,25,32). The predicted octanol–water partition coefficient (Wildman–Crippen LogP) is 2.41. The Kier molecular flexibility index (Phi) is 4.94. The predicted molar refractivity (Wildman–Crippen MR) is 125 cm³/mol. The SMILES string of the molecule is CCNC(=O)N1CCC2(CCn3nc(-c4cnc5ccc(N6CCOCC6)nc5c4)cc32)C1. The molecule has 3 aromatic rings. The molecule has 1 unspecified atom stereocenters. The van der Waals surface area contributed by atoms with Gasteiger partial charge in [-0.05, 0) is 44.0 Å². The molecule has 0 aliphatic carbocycles. The van der Waals surface area contributed by atoms with Crippen molar-refractivity contribution >= 4 is 22.9 Å². The Bertz CT molecular complexity index is 1200. The molecule has 0 bridgehead atoms. The minimum absolute atomic E-state index is 0.00234. The maximum absolute atomic E-state index is 12.4. The van der Waals surface area contributed by atoms with Crippen molar-refractivity contribution in [1.82, 2.24) is 30.0 Å². The summed E-state index contributed by atoms with van der Waals surface area (Å²) in [6, 6.07) is 8.40. The summed E-state index contributed by atoms with van der Waals surface area (Å²) in [5.41, 5.74) is 4.90. The van der Waals surface area contributed by atoms with Gasteiger partial charge in [-0.1, -0.05) is 0 Å². The van der Waals surface area contributed by atoms with Crippen LogP contribution in [0, 0.1) is 0 Å². The van der Waals surface area contributed by atoms with Crippen LogP contribution in [0.3, 0.4) is 0 Å². The fourth-order valence-electron chi connectivity index (χ4n) is 5.43. The molecule has 1 atom stereocenters. The van der Waals surface area contributed by atoms with Crippen LogP contribution in [0.5, 0.6) is 0 Å². The number of carbonyl (C=O) groups is 1. The van der Waals surface area contributed by atoms with Gasteiger partial charge in [-0.15, -0.1) is 0 Å². The van der Waals surface area contributed by atoms with E-state index in [1.165, 1.54) is 5.69 Å². The van der Waals surface area contributed by atoms with Crippen LogP contribution < -0.4 is 10.2 Å². The second kappa shape index (κ2) is 7.98. The number of likely N-dealkylation sites (tertiary alicyclic amines) is 1. The first-order valence-electron chi connectivity index (χ1n) is 11.9. The van der Waals surface area contributed by atoms with Crippen LogP contribution in [0.1, 0.15) is 25.5 Å². The number of aromatic nitrogens is 4. The van der Waals surface area contributed by atoms with Crippen LogP contribution in [-0.2, 0) is 16.7 Å². The Labute approximate surface area is 192 Å². The largest absolute Gasteiger partial charge is 0.378 e. The third-order valence-electron chi connectivity index (χ3n) is 7.25. The summed E-state index contributed by atoms with van der Waals surface area (Å²) in [7, 11) is 0. The Morgan fingerprint density at radius 3 is 2.82 bits per heavy atom. The summed E-state index contributed by atoms with van der Waals surface area (Å²) in [4.78, 5) is 26.1. The van der Waals surface area contributed by atoms with Gasteiger partial charge < -0.3 is 19.9 Å². The van der Waals surface area contributed by atoms with Gasteiger partial charge in [0.25, 0.3) is 0 Å². The van der Waals surface area contributed by atoms with E-state index in [-0.39, 0.29) is 11.4 Å². The van der Waals surface area contributed by atoms with Gasteiger partial charge in [0.05, 0.1) is 29.9 Å². The molecule has 6 rings (SSSR count). The summed E-state index contributed by atoms with van der Waals surface area (Å²) in [5, 5.41) is 7.84. The number of rotatable bonds is 3. The minimum atomic E-state index is 0.00234. The Morgan fingerprint density at radius 1 is 1.12 bits per heavy atom. The number of hydrogen-bond donors (Lipinski definition) is 1. The van der Waals surface area contributed by atoms with Crippen molar-refractivity contribution in [2.45, 2.75) is 31.7 Å². The molecule has 0 aromatic carbocycles. The fourth-order valence-corrected chi connectivity index (χ4v) is 5.43. The van der Waals surface area contributed by atoms with Crippen molar-refractivity contribution in [2.24, 2.45) is 0 Å². The van der Waals surface area contributed by atoms with Gasteiger partial charge in [0.1, 0.15) is 5.82 Å². The summed E-state index contributed by atoms with van der Waals surface area (Å²) in [6.07, 6.45) is 3.90. The maximum atomic E-state index is 12.4. The van der Waals surface area contributed by atoms with Crippen LogP contribution in [-0.4, -0.2) is 76.6 Å². The fraction of sp³-hybridized carbons (Fsp3) is 0.500. The normalized spacial score (nSPS) is 22.3. The molecule has 9 nitrogen and oxygen atoms in total. The topological polar surface area (TPSA) is 88.4 Å². The number of fused-ring (bicyclic) bond motifs is 3. The molecule has 1 N–H and O–H groups in total. The first-order chi connectivity index (χ1) is 16.1. The van der Waals surface area contributed by atoms with Crippen molar-refractivity contribution in [2.75, 3.05) is 50.8 Å². The average Bonchev–Trinajstić information content (AvgIpc) is 3.56. The number of ether oxygens (including phenoxy) is 1. The third kappa shape index (κ3) is 3.51. The van der Waals surface area contributed by atoms with E-state index in [1.807, 2.05) is 30.2 Å². The van der Waals surface area contributed by atoms with Crippen LogP contribution in [0.25, 0.3) is 22.3 Å². The first-order valence-corrected chi connectivity index (χ1v) is 11.9. The number of hydrogen-bond acceptors (Lipinski definition) is 6. The van der Waals surface area contributed by atoms with Crippen LogP contribution in [0.2, 0.25) is 0 Å². The number of morpholine rings is 1. The van der Waals surface area contributed by atoms with E-state index in [9.17, 15) is 4.79 Å². The lowest BCUT2D eigenvalue weighted by atomic mass is 9.82. The number of urea groups is 1. The van der Waals surface area contributed by atoms with Crippen molar-refractivity contribution in [1.29, 1.82) is 0 Å². The number of pyridine rings is 2. The van der Waals surface area contributed by atoms with Gasteiger partial charge >= 0.3 is 6.03 Å². The molecule has 9 heteroatoms. The molecule has 3 aliphatic rings. The molecule has 6 heterocycles. The maximum Gasteiger partial charge on any atom is 0.317 e. The average molecular weight is 448 g/mol. The summed E-state index contributed by atoms with van der Waals surface area (Å²) in [6.45, 7) is 8.22. The lowest BCUT2D eigenvalue weighted by molar-refractivity contribution is 0.122. The highest BCUT2D eigenvalue weighted by Crippen LogP contribution is 2.43. The van der Waals surface area contributed by atoms with Crippen molar-refractivity contribution in [3.63, 3.8) is 0 Å². The van der Waals surface area contributed by atoms with Gasteiger partial charge in [-0.25, -0.2) is 9.78 Å². The third-order valence-corrected chi connectivity index (χ3v) is 7.25. The smallest absolute Gasteiger partial charge is 0.317 e. The lowest BCUT2D eigenvalue weighted by Crippen LogP contribution is -2.40. The molecule has 2 saturated heterocycles. The Hall–Kier alpha value is -3.20. The number of carbonyl (C=O) groups excluding carboxylic acids is 1. The first kappa shape index (κ1) is 20.4. The zero-order valence-corrected chi connectivity index (χ0v) is 19.0. The van der Waals surface area contributed by atoms with E-state index in [4.69, 9.17) is 14.8 Å². The molecule has 3 aliphatic heterocycles. The molecule has 0 saturated carbocycles. The minimum Gasteiger partial charge on any atom is -0.378 e. The van der Waals surface area contributed by atoms with E-state index in [0.717, 1.165) is 86.9 Å². The van der Waals surface area contributed by atoms with Crippen LogP contribution in [0.15, 0.2) is 30.5 Å². The quantitative estimate of drug-likeness (QED) is 0.663. The second-order valence-electron chi connectivity index (χ2n) is 9.21. The monoisotopic (exact) mass is 447 g/mol. The van der Waals surface area contributed by atoms with Gasteiger partial charge in [0, 0.05) is 62.1 Å². The van der Waals surface area contributed by atoms with Gasteiger partial charge in [0.2, 0.25) is 0 Å². The van der Waals surface area contributed by atoms with E-state index < -0.39 is 0 Å². The summed E-state index contributed by atoms with van der Waals surface area (Å²) < 4.78 is 7.59. The Balaban J connectivity index is 1.29. The molecule has 172 valence electrons. The summed E-state index contributed by atoms with van der Waals surface area (Å²) in [5.74, 6) is 0.965. The van der Waals surface area contributed by atoms with Gasteiger partial charge in [-0.3, -0.25) is 9.67 Å². The van der Waals surface area contributed by atoms with Crippen LogP contribution >= 0.6 is 0 Å². The molecule has 2 fully saturated rings. The summed E-state index contributed by atoms with van der Waals surface area (Å²) >= 11 is 0. The van der Waals surface area contributed by atoms with Gasteiger partial charge in [0.15, 0.2) is 0 Å². The number of amides is 2. The molecule has 3 aromatic heterocycles. The lowest BCUT2D eigenvalue weighted by Gasteiger charge is -2.27. The molecular weight excluding hydrogens is 418 g/mol.